The number of hydrogen-bond acceptors (Lipinski definition) is 4. The average molecular weight is 226 g/mol. The Bertz CT molecular complexity index is 386. The molecule has 0 radical (unpaired) electrons. The van der Waals surface area contributed by atoms with E-state index in [1.807, 2.05) is 6.92 Å². The number of amides is 1. The fourth-order valence-corrected chi connectivity index (χ4v) is 1.39. The zero-order valence-corrected chi connectivity index (χ0v) is 9.90. The first-order chi connectivity index (χ1) is 7.47. The van der Waals surface area contributed by atoms with Gasteiger partial charge in [0.1, 0.15) is 6.54 Å². The van der Waals surface area contributed by atoms with Crippen molar-refractivity contribution >= 4 is 11.6 Å². The number of nitrogens with zero attached hydrogens (tertiary/aromatic N) is 3. The summed E-state index contributed by atoms with van der Waals surface area (Å²) in [6, 6.07) is 0. The number of nitrogen functional groups attached to an aromatic ring is 1. The van der Waals surface area contributed by atoms with Crippen molar-refractivity contribution in [3.05, 3.63) is 11.4 Å². The Morgan fingerprint density at radius 1 is 1.56 bits per heavy atom. The molecule has 0 spiro atoms. The van der Waals surface area contributed by atoms with Crippen LogP contribution in [0.4, 0.5) is 5.69 Å². The van der Waals surface area contributed by atoms with Gasteiger partial charge in [-0.1, -0.05) is 0 Å². The van der Waals surface area contributed by atoms with Crippen LogP contribution in [0.25, 0.3) is 0 Å². The fraction of sp³-hybridized carbons (Fsp3) is 0.600. The van der Waals surface area contributed by atoms with Gasteiger partial charge < -0.3 is 15.7 Å². The molecule has 0 aliphatic rings. The maximum atomic E-state index is 11.7. The van der Waals surface area contributed by atoms with Crippen LogP contribution in [-0.2, 0) is 11.3 Å². The summed E-state index contributed by atoms with van der Waals surface area (Å²) in [7, 11) is 1.65. The largest absolute Gasteiger partial charge is 0.396 e. The minimum Gasteiger partial charge on any atom is -0.396 e. The van der Waals surface area contributed by atoms with E-state index >= 15 is 0 Å². The lowest BCUT2D eigenvalue weighted by molar-refractivity contribution is -0.131. The van der Waals surface area contributed by atoms with Gasteiger partial charge in [0.05, 0.1) is 23.7 Å². The van der Waals surface area contributed by atoms with Gasteiger partial charge in [-0.25, -0.2) is 0 Å². The molecular weight excluding hydrogens is 208 g/mol. The second-order valence-corrected chi connectivity index (χ2v) is 3.78. The first kappa shape index (κ1) is 12.5. The number of aliphatic hydroxyl groups excluding tert-OH is 1. The number of aryl methyl sites for hydroxylation is 1. The third-order valence-electron chi connectivity index (χ3n) is 2.58. The van der Waals surface area contributed by atoms with Crippen molar-refractivity contribution in [2.75, 3.05) is 25.9 Å². The monoisotopic (exact) mass is 226 g/mol. The Labute approximate surface area is 94.6 Å². The van der Waals surface area contributed by atoms with Crippen molar-refractivity contribution < 1.29 is 9.90 Å². The van der Waals surface area contributed by atoms with E-state index in [1.54, 1.807) is 18.7 Å². The van der Waals surface area contributed by atoms with Gasteiger partial charge in [-0.3, -0.25) is 9.48 Å². The molecule has 1 amide bonds. The van der Waals surface area contributed by atoms with E-state index in [9.17, 15) is 4.79 Å². The lowest BCUT2D eigenvalue weighted by Gasteiger charge is -2.15. The number of carbonyl (C=O) groups excluding carboxylic acids is 1. The molecule has 0 saturated carbocycles. The number of likely N-dealkylation sites (N-methyl/N-ethyl adjacent to an activating group) is 1. The van der Waals surface area contributed by atoms with Gasteiger partial charge in [-0.2, -0.15) is 5.10 Å². The molecule has 0 atom stereocenters. The SMILES string of the molecule is Cc1nn(CC(=O)N(C)CCO)c(C)c1N. The molecule has 0 bridgehead atoms. The standard InChI is InChI=1S/C10H18N4O2/c1-7-10(11)8(2)14(12-7)6-9(16)13(3)4-5-15/h15H,4-6,11H2,1-3H3. The molecule has 6 nitrogen and oxygen atoms in total. The van der Waals surface area contributed by atoms with E-state index in [2.05, 4.69) is 5.10 Å². The summed E-state index contributed by atoms with van der Waals surface area (Å²) in [5.74, 6) is -0.0975. The Hall–Kier alpha value is -1.56. The van der Waals surface area contributed by atoms with Crippen LogP contribution in [0.2, 0.25) is 0 Å². The molecule has 0 aliphatic carbocycles. The Morgan fingerprint density at radius 2 is 2.19 bits per heavy atom. The van der Waals surface area contributed by atoms with E-state index < -0.39 is 0 Å². The van der Waals surface area contributed by atoms with Crippen LogP contribution in [0.5, 0.6) is 0 Å². The average Bonchev–Trinajstić information content (AvgIpc) is 2.47. The molecule has 0 aliphatic heterocycles. The van der Waals surface area contributed by atoms with Crippen molar-refractivity contribution in [1.29, 1.82) is 0 Å². The molecule has 16 heavy (non-hydrogen) atoms. The Morgan fingerprint density at radius 3 is 2.62 bits per heavy atom. The highest BCUT2D eigenvalue weighted by molar-refractivity contribution is 5.75. The number of hydrogen-bond donors (Lipinski definition) is 2. The molecule has 0 saturated heterocycles. The van der Waals surface area contributed by atoms with Crippen molar-refractivity contribution in [3.8, 4) is 0 Å². The maximum Gasteiger partial charge on any atom is 0.244 e. The van der Waals surface area contributed by atoms with Gasteiger partial charge in [0, 0.05) is 13.6 Å². The van der Waals surface area contributed by atoms with Crippen LogP contribution in [0.3, 0.4) is 0 Å². The molecule has 90 valence electrons. The zero-order chi connectivity index (χ0) is 12.3. The molecule has 1 rings (SSSR count). The highest BCUT2D eigenvalue weighted by Crippen LogP contribution is 2.14. The summed E-state index contributed by atoms with van der Waals surface area (Å²) >= 11 is 0. The Balaban J connectivity index is 2.73. The maximum absolute atomic E-state index is 11.7. The van der Waals surface area contributed by atoms with E-state index in [0.29, 0.717) is 12.2 Å². The van der Waals surface area contributed by atoms with E-state index in [-0.39, 0.29) is 19.1 Å². The molecule has 1 aromatic heterocycles. The second-order valence-electron chi connectivity index (χ2n) is 3.78. The molecule has 0 fully saturated rings. The van der Waals surface area contributed by atoms with Crippen molar-refractivity contribution in [1.82, 2.24) is 14.7 Å². The zero-order valence-electron chi connectivity index (χ0n) is 9.90. The number of nitrogens with two attached hydrogens (primary N) is 1. The van der Waals surface area contributed by atoms with Gasteiger partial charge in [0.25, 0.3) is 0 Å². The number of aromatic nitrogens is 2. The van der Waals surface area contributed by atoms with E-state index in [4.69, 9.17) is 10.8 Å². The number of anilines is 1. The van der Waals surface area contributed by atoms with Crippen LogP contribution < -0.4 is 5.73 Å². The Kier molecular flexibility index (Phi) is 3.89. The number of aliphatic hydroxyl groups is 1. The number of carbonyl (C=O) groups is 1. The summed E-state index contributed by atoms with van der Waals surface area (Å²) in [4.78, 5) is 13.2. The summed E-state index contributed by atoms with van der Waals surface area (Å²) < 4.78 is 1.58. The van der Waals surface area contributed by atoms with Gasteiger partial charge in [0.15, 0.2) is 0 Å². The first-order valence-electron chi connectivity index (χ1n) is 5.11. The van der Waals surface area contributed by atoms with Crippen LogP contribution in [0.1, 0.15) is 11.4 Å². The predicted molar refractivity (Wildman–Crippen MR) is 60.8 cm³/mol. The predicted octanol–water partition coefficient (Wildman–Crippen LogP) is -0.467. The molecule has 0 aromatic carbocycles. The third-order valence-corrected chi connectivity index (χ3v) is 2.58. The van der Waals surface area contributed by atoms with Gasteiger partial charge in [0.2, 0.25) is 5.91 Å². The lowest BCUT2D eigenvalue weighted by Crippen LogP contribution is -2.33. The van der Waals surface area contributed by atoms with Crippen molar-refractivity contribution in [2.45, 2.75) is 20.4 Å². The highest BCUT2D eigenvalue weighted by atomic mass is 16.3. The molecule has 1 heterocycles. The van der Waals surface area contributed by atoms with Crippen molar-refractivity contribution in [3.63, 3.8) is 0 Å². The number of rotatable bonds is 4. The molecule has 6 heteroatoms. The third kappa shape index (κ3) is 2.52. The second kappa shape index (κ2) is 4.98. The van der Waals surface area contributed by atoms with Gasteiger partial charge >= 0.3 is 0 Å². The quantitative estimate of drug-likeness (QED) is 0.727. The minimum absolute atomic E-state index is 0.0402. The normalized spacial score (nSPS) is 10.5. The summed E-state index contributed by atoms with van der Waals surface area (Å²) in [6.07, 6.45) is 0. The molecule has 3 N–H and O–H groups in total. The summed E-state index contributed by atoms with van der Waals surface area (Å²) in [5, 5.41) is 12.9. The molecule has 1 aromatic rings. The molecule has 0 unspecified atom stereocenters. The lowest BCUT2D eigenvalue weighted by atomic mass is 10.3. The summed E-state index contributed by atoms with van der Waals surface area (Å²) in [5.41, 5.74) is 7.91. The molecular formula is C10H18N4O2. The highest BCUT2D eigenvalue weighted by Gasteiger charge is 2.13. The summed E-state index contributed by atoms with van der Waals surface area (Å²) in [6.45, 7) is 4.07. The van der Waals surface area contributed by atoms with Crippen LogP contribution >= 0.6 is 0 Å². The van der Waals surface area contributed by atoms with Crippen LogP contribution in [-0.4, -0.2) is 45.9 Å². The first-order valence-corrected chi connectivity index (χ1v) is 5.11. The smallest absolute Gasteiger partial charge is 0.244 e. The van der Waals surface area contributed by atoms with Gasteiger partial charge in [-0.15, -0.1) is 0 Å². The minimum atomic E-state index is -0.0975. The van der Waals surface area contributed by atoms with Crippen molar-refractivity contribution in [2.24, 2.45) is 0 Å². The van der Waals surface area contributed by atoms with E-state index in [1.165, 1.54) is 4.90 Å². The van der Waals surface area contributed by atoms with E-state index in [0.717, 1.165) is 11.4 Å². The van der Waals surface area contributed by atoms with Gasteiger partial charge in [-0.05, 0) is 13.8 Å². The fourth-order valence-electron chi connectivity index (χ4n) is 1.39. The van der Waals surface area contributed by atoms with Crippen LogP contribution in [0.15, 0.2) is 0 Å². The van der Waals surface area contributed by atoms with Crippen LogP contribution in [0, 0.1) is 13.8 Å². The topological polar surface area (TPSA) is 84.4 Å².